The van der Waals surface area contributed by atoms with Crippen LogP contribution in [0.1, 0.15) is 64.1 Å². The summed E-state index contributed by atoms with van der Waals surface area (Å²) in [6, 6.07) is 0.0592. The molecule has 1 saturated carbocycles. The largest absolute Gasteiger partial charge is 0.374 e. The zero-order valence-electron chi connectivity index (χ0n) is 13.2. The van der Waals surface area contributed by atoms with E-state index in [1.54, 1.807) is 11.3 Å². The van der Waals surface area contributed by atoms with E-state index in [4.69, 9.17) is 15.5 Å². The van der Waals surface area contributed by atoms with Gasteiger partial charge >= 0.3 is 0 Å². The Morgan fingerprint density at radius 3 is 2.55 bits per heavy atom. The van der Waals surface area contributed by atoms with Crippen LogP contribution in [0.3, 0.4) is 0 Å². The number of hydrogen-bond acceptors (Lipinski definition) is 4. The fourth-order valence-corrected chi connectivity index (χ4v) is 4.09. The van der Waals surface area contributed by atoms with Crippen molar-refractivity contribution in [1.82, 2.24) is 4.98 Å². The van der Waals surface area contributed by atoms with E-state index in [2.05, 4.69) is 33.1 Å². The minimum Gasteiger partial charge on any atom is -0.374 e. The van der Waals surface area contributed by atoms with Crippen LogP contribution >= 0.6 is 11.3 Å². The molecule has 0 bridgehead atoms. The quantitative estimate of drug-likeness (QED) is 0.902. The van der Waals surface area contributed by atoms with Crippen molar-refractivity contribution >= 4 is 11.3 Å². The molecule has 1 unspecified atom stereocenters. The average Bonchev–Trinajstić information content (AvgIpc) is 2.98. The van der Waals surface area contributed by atoms with Crippen LogP contribution in [0.5, 0.6) is 0 Å². The van der Waals surface area contributed by atoms with Gasteiger partial charge in [0.15, 0.2) is 0 Å². The lowest BCUT2D eigenvalue weighted by molar-refractivity contribution is -0.0525. The third-order valence-corrected chi connectivity index (χ3v) is 5.14. The number of thiazole rings is 1. The van der Waals surface area contributed by atoms with Crippen LogP contribution in [-0.4, -0.2) is 23.2 Å². The fourth-order valence-electron chi connectivity index (χ4n) is 3.01. The van der Waals surface area contributed by atoms with E-state index < -0.39 is 0 Å². The van der Waals surface area contributed by atoms with E-state index >= 15 is 0 Å². The molecule has 1 fully saturated rings. The van der Waals surface area contributed by atoms with Crippen LogP contribution in [0.4, 0.5) is 0 Å². The summed E-state index contributed by atoms with van der Waals surface area (Å²) in [6.45, 7) is 9.41. The molecular formula is C16H28N2OS. The third kappa shape index (κ3) is 3.41. The second-order valence-electron chi connectivity index (χ2n) is 6.89. The predicted octanol–water partition coefficient (Wildman–Crippen LogP) is 3.66. The maximum Gasteiger partial charge on any atom is 0.0945 e. The second-order valence-corrected chi connectivity index (χ2v) is 7.83. The molecule has 0 aliphatic heterocycles. The van der Waals surface area contributed by atoms with Gasteiger partial charge in [0.2, 0.25) is 0 Å². The number of rotatable bonds is 5. The van der Waals surface area contributed by atoms with Crippen LogP contribution in [0.15, 0.2) is 5.38 Å². The van der Waals surface area contributed by atoms with Crippen molar-refractivity contribution in [2.45, 2.75) is 76.9 Å². The Bertz CT molecular complexity index is 430. The Balaban J connectivity index is 2.06. The van der Waals surface area contributed by atoms with E-state index in [0.717, 1.165) is 30.9 Å². The minimum atomic E-state index is -0.109. The SMILES string of the molecule is CCOC1(C(N)Cc2nc(C(C)(C)C)cs2)CCCC1. The highest BCUT2D eigenvalue weighted by Gasteiger charge is 2.40. The van der Waals surface area contributed by atoms with Gasteiger partial charge in [-0.1, -0.05) is 33.6 Å². The summed E-state index contributed by atoms with van der Waals surface area (Å²) < 4.78 is 6.05. The first-order valence-corrected chi connectivity index (χ1v) is 8.60. The van der Waals surface area contributed by atoms with Crippen molar-refractivity contribution in [3.05, 3.63) is 16.1 Å². The number of ether oxygens (including phenoxy) is 1. The van der Waals surface area contributed by atoms with Crippen molar-refractivity contribution < 1.29 is 4.74 Å². The number of nitrogens with zero attached hydrogens (tertiary/aromatic N) is 1. The average molecular weight is 296 g/mol. The zero-order valence-corrected chi connectivity index (χ0v) is 14.1. The van der Waals surface area contributed by atoms with Crippen LogP contribution in [0, 0.1) is 0 Å². The standard InChI is InChI=1S/C16H28N2OS/c1-5-19-16(8-6-7-9-16)12(17)10-14-18-13(11-20-14)15(2,3)4/h11-12H,5-10,17H2,1-4H3. The van der Waals surface area contributed by atoms with Gasteiger partial charge in [-0.3, -0.25) is 0 Å². The lowest BCUT2D eigenvalue weighted by atomic mass is 9.90. The zero-order chi connectivity index (χ0) is 14.8. The highest BCUT2D eigenvalue weighted by Crippen LogP contribution is 2.37. The van der Waals surface area contributed by atoms with Gasteiger partial charge in [0.1, 0.15) is 0 Å². The fraction of sp³-hybridized carbons (Fsp3) is 0.812. The highest BCUT2D eigenvalue weighted by atomic mass is 32.1. The number of hydrogen-bond donors (Lipinski definition) is 1. The number of aromatic nitrogens is 1. The molecule has 0 saturated heterocycles. The second kappa shape index (κ2) is 6.12. The third-order valence-electron chi connectivity index (χ3n) is 4.27. The van der Waals surface area contributed by atoms with E-state index in [1.807, 2.05) is 0 Å². The summed E-state index contributed by atoms with van der Waals surface area (Å²) in [6.07, 6.45) is 5.50. The number of nitrogens with two attached hydrogens (primary N) is 1. The molecule has 0 amide bonds. The molecule has 1 aliphatic carbocycles. The van der Waals surface area contributed by atoms with Gasteiger partial charge in [-0.2, -0.15) is 0 Å². The highest BCUT2D eigenvalue weighted by molar-refractivity contribution is 7.09. The molecule has 1 heterocycles. The summed E-state index contributed by atoms with van der Waals surface area (Å²) in [5.41, 5.74) is 7.67. The lowest BCUT2D eigenvalue weighted by Gasteiger charge is -2.34. The Hall–Kier alpha value is -0.450. The summed E-state index contributed by atoms with van der Waals surface area (Å²) in [5.74, 6) is 0. The summed E-state index contributed by atoms with van der Waals surface area (Å²) in [7, 11) is 0. The van der Waals surface area contributed by atoms with Crippen LogP contribution in [-0.2, 0) is 16.6 Å². The molecule has 3 nitrogen and oxygen atoms in total. The Kier molecular flexibility index (Phi) is 4.88. The Morgan fingerprint density at radius 1 is 1.40 bits per heavy atom. The molecule has 1 atom stereocenters. The van der Waals surface area contributed by atoms with Gasteiger partial charge in [0.05, 0.1) is 16.3 Å². The van der Waals surface area contributed by atoms with E-state index in [0.29, 0.717) is 0 Å². The van der Waals surface area contributed by atoms with Gasteiger partial charge < -0.3 is 10.5 Å². The maximum absolute atomic E-state index is 6.49. The van der Waals surface area contributed by atoms with Crippen molar-refractivity contribution in [2.75, 3.05) is 6.61 Å². The maximum atomic E-state index is 6.49. The van der Waals surface area contributed by atoms with Gasteiger partial charge in [0, 0.05) is 29.9 Å². The molecule has 2 rings (SSSR count). The van der Waals surface area contributed by atoms with Crippen molar-refractivity contribution in [3.63, 3.8) is 0 Å². The van der Waals surface area contributed by atoms with Crippen molar-refractivity contribution in [1.29, 1.82) is 0 Å². The molecule has 0 radical (unpaired) electrons. The first-order chi connectivity index (χ1) is 9.37. The molecule has 0 aromatic carbocycles. The summed E-state index contributed by atoms with van der Waals surface area (Å²) in [5, 5.41) is 3.32. The first kappa shape index (κ1) is 15.9. The molecule has 0 spiro atoms. The van der Waals surface area contributed by atoms with E-state index in [9.17, 15) is 0 Å². The van der Waals surface area contributed by atoms with Crippen LogP contribution in [0.25, 0.3) is 0 Å². The molecule has 114 valence electrons. The van der Waals surface area contributed by atoms with Crippen molar-refractivity contribution in [3.8, 4) is 0 Å². The van der Waals surface area contributed by atoms with Crippen LogP contribution in [0.2, 0.25) is 0 Å². The van der Waals surface area contributed by atoms with Crippen LogP contribution < -0.4 is 5.73 Å². The van der Waals surface area contributed by atoms with Crippen molar-refractivity contribution in [2.24, 2.45) is 5.73 Å². The molecule has 1 aliphatic rings. The molecular weight excluding hydrogens is 268 g/mol. The van der Waals surface area contributed by atoms with E-state index in [-0.39, 0.29) is 17.1 Å². The molecule has 4 heteroatoms. The smallest absolute Gasteiger partial charge is 0.0945 e. The summed E-state index contributed by atoms with van der Waals surface area (Å²) in [4.78, 5) is 4.77. The Morgan fingerprint density at radius 2 is 2.05 bits per heavy atom. The van der Waals surface area contributed by atoms with Gasteiger partial charge in [-0.15, -0.1) is 11.3 Å². The van der Waals surface area contributed by atoms with E-state index in [1.165, 1.54) is 18.5 Å². The normalized spacial score (nSPS) is 20.2. The Labute approximate surface area is 126 Å². The molecule has 2 N–H and O–H groups in total. The molecule has 20 heavy (non-hydrogen) atoms. The van der Waals surface area contributed by atoms with Gasteiger partial charge in [0.25, 0.3) is 0 Å². The lowest BCUT2D eigenvalue weighted by Crippen LogP contribution is -2.49. The van der Waals surface area contributed by atoms with Gasteiger partial charge in [-0.25, -0.2) is 4.98 Å². The molecule has 1 aromatic rings. The topological polar surface area (TPSA) is 48.1 Å². The predicted molar refractivity (Wildman–Crippen MR) is 85.3 cm³/mol. The first-order valence-electron chi connectivity index (χ1n) is 7.72. The summed E-state index contributed by atoms with van der Waals surface area (Å²) >= 11 is 1.73. The van der Waals surface area contributed by atoms with Gasteiger partial charge in [-0.05, 0) is 19.8 Å². The minimum absolute atomic E-state index is 0.0592. The monoisotopic (exact) mass is 296 g/mol. The molecule has 1 aromatic heterocycles.